The van der Waals surface area contributed by atoms with Crippen molar-refractivity contribution >= 4 is 10.8 Å². The topological polar surface area (TPSA) is 55.8 Å². The Morgan fingerprint density at radius 3 is 2.35 bits per heavy atom. The summed E-state index contributed by atoms with van der Waals surface area (Å²) >= 11 is 0. The lowest BCUT2D eigenvalue weighted by Crippen LogP contribution is -2.42. The van der Waals surface area contributed by atoms with Crippen molar-refractivity contribution in [3.05, 3.63) is 0 Å². The van der Waals surface area contributed by atoms with Gasteiger partial charge in [0.25, 0.3) is 0 Å². The Bertz CT molecular complexity index is 298. The van der Waals surface area contributed by atoms with Crippen molar-refractivity contribution in [2.75, 3.05) is 13.2 Å². The molecule has 3 rings (SSSR count). The van der Waals surface area contributed by atoms with E-state index >= 15 is 0 Å². The number of rotatable bonds is 3. The lowest BCUT2D eigenvalue weighted by atomic mass is 9.88. The molecule has 3 saturated heterocycles. The maximum absolute atomic E-state index is 11.9. The summed E-state index contributed by atoms with van der Waals surface area (Å²) in [5, 5.41) is 11.0. The molecule has 4 nitrogen and oxygen atoms in total. The first-order valence-electron chi connectivity index (χ1n) is 6.51. The number of aliphatic hydroxyl groups is 1. The Morgan fingerprint density at radius 2 is 1.76 bits per heavy atom. The number of hydrogen-bond donors (Lipinski definition) is 1. The molecule has 2 bridgehead atoms. The zero-order chi connectivity index (χ0) is 11.9. The van der Waals surface area contributed by atoms with Crippen LogP contribution in [0.1, 0.15) is 38.5 Å². The highest BCUT2D eigenvalue weighted by atomic mass is 32.2. The fourth-order valence-corrected chi connectivity index (χ4v) is 5.57. The van der Waals surface area contributed by atoms with E-state index in [1.807, 2.05) is 0 Å². The highest BCUT2D eigenvalue weighted by Gasteiger charge is 2.47. The molecule has 98 valence electrons. The van der Waals surface area contributed by atoms with Crippen LogP contribution < -0.4 is 0 Å². The molecule has 0 amide bonds. The van der Waals surface area contributed by atoms with E-state index in [1.54, 1.807) is 0 Å². The Morgan fingerprint density at radius 1 is 1.18 bits per heavy atom. The Labute approximate surface area is 104 Å². The molecular weight excluding hydrogens is 240 g/mol. The zero-order valence-corrected chi connectivity index (χ0v) is 10.8. The summed E-state index contributed by atoms with van der Waals surface area (Å²) in [5.74, 6) is 0. The summed E-state index contributed by atoms with van der Waals surface area (Å²) in [6.07, 6.45) is 4.77. The van der Waals surface area contributed by atoms with Crippen LogP contribution in [0.25, 0.3) is 0 Å². The molecule has 3 fully saturated rings. The first-order valence-corrected chi connectivity index (χ1v) is 7.79. The molecule has 2 atom stereocenters. The van der Waals surface area contributed by atoms with Gasteiger partial charge in [0.1, 0.15) is 0 Å². The van der Waals surface area contributed by atoms with Crippen LogP contribution >= 0.6 is 0 Å². The normalized spacial score (nSPS) is 46.5. The molecule has 0 spiro atoms. The summed E-state index contributed by atoms with van der Waals surface area (Å²) in [6.45, 7) is 1.33. The quantitative estimate of drug-likeness (QED) is 0.820. The van der Waals surface area contributed by atoms with Crippen LogP contribution in [-0.4, -0.2) is 44.9 Å². The second-order valence-corrected chi connectivity index (χ2v) is 7.48. The van der Waals surface area contributed by atoms with Crippen molar-refractivity contribution in [3.63, 3.8) is 0 Å². The van der Waals surface area contributed by atoms with Crippen LogP contribution in [0.5, 0.6) is 0 Å². The van der Waals surface area contributed by atoms with Gasteiger partial charge in [-0.15, -0.1) is 0 Å². The minimum absolute atomic E-state index is 0.135. The number of fused-ring (bicyclic) bond motifs is 2. The molecule has 17 heavy (non-hydrogen) atoms. The van der Waals surface area contributed by atoms with E-state index in [0.29, 0.717) is 32.5 Å². The van der Waals surface area contributed by atoms with E-state index in [2.05, 4.69) is 0 Å². The van der Waals surface area contributed by atoms with E-state index in [-0.39, 0.29) is 16.8 Å². The first-order chi connectivity index (χ1) is 8.16. The van der Waals surface area contributed by atoms with E-state index < -0.39 is 16.4 Å². The molecule has 3 aliphatic heterocycles. The third kappa shape index (κ3) is 2.43. The summed E-state index contributed by atoms with van der Waals surface area (Å²) in [5.41, 5.74) is -0.630. The zero-order valence-electron chi connectivity index (χ0n) is 9.97. The summed E-state index contributed by atoms with van der Waals surface area (Å²) in [4.78, 5) is 0. The van der Waals surface area contributed by atoms with Crippen LogP contribution in [0.3, 0.4) is 0 Å². The minimum Gasteiger partial charge on any atom is -0.390 e. The second kappa shape index (κ2) is 4.61. The molecule has 0 aliphatic carbocycles. The van der Waals surface area contributed by atoms with Crippen LogP contribution in [0, 0.1) is 0 Å². The number of hydrogen-bond acceptors (Lipinski definition) is 4. The van der Waals surface area contributed by atoms with E-state index in [9.17, 15) is 9.32 Å². The SMILES string of the molecule is O=S1C2CCC1CC(O)(CCC1OCCO1)C2. The van der Waals surface area contributed by atoms with Crippen molar-refractivity contribution in [2.45, 2.75) is 60.9 Å². The van der Waals surface area contributed by atoms with E-state index in [1.165, 1.54) is 0 Å². The first kappa shape index (κ1) is 12.1. The summed E-state index contributed by atoms with van der Waals surface area (Å²) in [6, 6.07) is 0. The highest BCUT2D eigenvalue weighted by Crippen LogP contribution is 2.43. The Hall–Kier alpha value is 0.0300. The lowest BCUT2D eigenvalue weighted by molar-refractivity contribution is -0.0705. The van der Waals surface area contributed by atoms with Gasteiger partial charge in [0.05, 0.1) is 18.8 Å². The van der Waals surface area contributed by atoms with Gasteiger partial charge in [-0.3, -0.25) is 4.21 Å². The fraction of sp³-hybridized carbons (Fsp3) is 1.00. The molecule has 1 N–H and O–H groups in total. The third-order valence-corrected chi connectivity index (χ3v) is 6.34. The molecular formula is C12H20O4S. The van der Waals surface area contributed by atoms with Gasteiger partial charge in [0, 0.05) is 27.7 Å². The van der Waals surface area contributed by atoms with Gasteiger partial charge in [0.15, 0.2) is 6.29 Å². The van der Waals surface area contributed by atoms with Gasteiger partial charge in [-0.1, -0.05) is 0 Å². The average Bonchev–Trinajstić information content (AvgIpc) is 2.87. The minimum atomic E-state index is -0.693. The van der Waals surface area contributed by atoms with Crippen molar-refractivity contribution in [1.29, 1.82) is 0 Å². The second-order valence-electron chi connectivity index (χ2n) is 5.49. The molecule has 3 heterocycles. The molecule has 0 aromatic heterocycles. The van der Waals surface area contributed by atoms with Crippen LogP contribution in [0.15, 0.2) is 0 Å². The van der Waals surface area contributed by atoms with Gasteiger partial charge in [-0.25, -0.2) is 0 Å². The largest absolute Gasteiger partial charge is 0.390 e. The van der Waals surface area contributed by atoms with Crippen LogP contribution in [0.4, 0.5) is 0 Å². The molecule has 5 heteroatoms. The molecule has 2 unspecified atom stereocenters. The maximum Gasteiger partial charge on any atom is 0.157 e. The molecule has 0 radical (unpaired) electrons. The van der Waals surface area contributed by atoms with E-state index in [0.717, 1.165) is 19.3 Å². The van der Waals surface area contributed by atoms with Crippen molar-refractivity contribution in [2.24, 2.45) is 0 Å². The third-order valence-electron chi connectivity index (χ3n) is 4.22. The van der Waals surface area contributed by atoms with Crippen molar-refractivity contribution < 1.29 is 18.8 Å². The van der Waals surface area contributed by atoms with Gasteiger partial charge in [-0.2, -0.15) is 0 Å². The fourth-order valence-electron chi connectivity index (χ4n) is 3.34. The molecule has 3 aliphatic rings. The summed E-state index contributed by atoms with van der Waals surface area (Å²) < 4.78 is 22.7. The van der Waals surface area contributed by atoms with Gasteiger partial charge in [-0.05, 0) is 32.1 Å². The van der Waals surface area contributed by atoms with E-state index in [4.69, 9.17) is 9.47 Å². The molecule has 0 saturated carbocycles. The predicted molar refractivity (Wildman–Crippen MR) is 64.1 cm³/mol. The van der Waals surface area contributed by atoms with Crippen molar-refractivity contribution in [1.82, 2.24) is 0 Å². The average molecular weight is 260 g/mol. The number of ether oxygens (including phenoxy) is 2. The van der Waals surface area contributed by atoms with Crippen molar-refractivity contribution in [3.8, 4) is 0 Å². The Kier molecular flexibility index (Phi) is 3.28. The van der Waals surface area contributed by atoms with Crippen LogP contribution in [-0.2, 0) is 20.3 Å². The maximum atomic E-state index is 11.9. The van der Waals surface area contributed by atoms with Gasteiger partial charge >= 0.3 is 0 Å². The monoisotopic (exact) mass is 260 g/mol. The predicted octanol–water partition coefficient (Wildman–Crippen LogP) is 0.944. The standard InChI is InChI=1S/C12H20O4S/c13-12(4-3-11-15-5-6-16-11)7-9-1-2-10(8-12)17(9)14/h9-11,13H,1-8H2. The molecule has 0 aromatic rings. The smallest absolute Gasteiger partial charge is 0.157 e. The Balaban J connectivity index is 1.57. The summed E-state index contributed by atoms with van der Waals surface area (Å²) in [7, 11) is -0.693. The van der Waals surface area contributed by atoms with Gasteiger partial charge < -0.3 is 14.6 Å². The van der Waals surface area contributed by atoms with Crippen LogP contribution in [0.2, 0.25) is 0 Å². The molecule has 0 aromatic carbocycles. The lowest BCUT2D eigenvalue weighted by Gasteiger charge is -2.36. The van der Waals surface area contributed by atoms with Gasteiger partial charge in [0.2, 0.25) is 0 Å². The highest BCUT2D eigenvalue weighted by molar-refractivity contribution is 7.86.